The maximum absolute atomic E-state index is 12.3. The van der Waals surface area contributed by atoms with E-state index in [1.807, 2.05) is 13.0 Å². The second-order valence-corrected chi connectivity index (χ2v) is 8.19. The summed E-state index contributed by atoms with van der Waals surface area (Å²) in [6.45, 7) is 2.02. The Morgan fingerprint density at radius 1 is 1.13 bits per heavy atom. The third kappa shape index (κ3) is 5.31. The molecule has 9 heteroatoms. The molecule has 0 N–H and O–H groups in total. The van der Waals surface area contributed by atoms with Crippen LogP contribution >= 0.6 is 0 Å². The van der Waals surface area contributed by atoms with Crippen LogP contribution in [0.2, 0.25) is 0 Å². The van der Waals surface area contributed by atoms with Crippen LogP contribution in [0.5, 0.6) is 0 Å². The first-order chi connectivity index (χ1) is 14.4. The molecule has 0 unspecified atom stereocenters. The molecule has 0 aliphatic heterocycles. The Morgan fingerprint density at radius 3 is 2.60 bits per heavy atom. The van der Waals surface area contributed by atoms with E-state index < -0.39 is 16.1 Å². The highest BCUT2D eigenvalue weighted by Crippen LogP contribution is 2.16. The van der Waals surface area contributed by atoms with Crippen LogP contribution in [0.4, 0.5) is 0 Å². The Bertz CT molecular complexity index is 1110. The normalized spacial score (nSPS) is 11.4. The van der Waals surface area contributed by atoms with Gasteiger partial charge in [0, 0.05) is 0 Å². The second-order valence-electron chi connectivity index (χ2n) is 6.57. The third-order valence-electron chi connectivity index (χ3n) is 4.50. The fraction of sp³-hybridized carbons (Fsp3) is 0.286. The van der Waals surface area contributed by atoms with Crippen LogP contribution in [0.15, 0.2) is 59.6 Å². The van der Waals surface area contributed by atoms with Crippen molar-refractivity contribution in [1.29, 1.82) is 0 Å². The zero-order chi connectivity index (χ0) is 21.6. The number of hydrogen-bond donors (Lipinski definition) is 0. The summed E-state index contributed by atoms with van der Waals surface area (Å²) in [4.78, 5) is 11.7. The monoisotopic (exact) mass is 429 g/mol. The Balaban J connectivity index is 1.54. The molecule has 3 rings (SSSR count). The van der Waals surface area contributed by atoms with Gasteiger partial charge in [-0.3, -0.25) is 4.18 Å². The lowest BCUT2D eigenvalue weighted by atomic mass is 10.2. The molecule has 0 aliphatic carbocycles. The Hall–Kier alpha value is -3.04. The van der Waals surface area contributed by atoms with Crippen molar-refractivity contribution in [3.05, 3.63) is 71.5 Å². The van der Waals surface area contributed by atoms with Crippen LogP contribution < -0.4 is 0 Å². The molecule has 0 radical (unpaired) electrons. The smallest absolute Gasteiger partial charge is 0.337 e. The van der Waals surface area contributed by atoms with Gasteiger partial charge in [-0.2, -0.15) is 8.42 Å². The van der Waals surface area contributed by atoms with Gasteiger partial charge in [-0.1, -0.05) is 24.3 Å². The summed E-state index contributed by atoms with van der Waals surface area (Å²) in [5.74, 6) is -0.405. The first-order valence-corrected chi connectivity index (χ1v) is 10.9. The second kappa shape index (κ2) is 9.64. The number of methoxy groups -OCH3 is 1. The maximum Gasteiger partial charge on any atom is 0.337 e. The molecule has 2 aromatic carbocycles. The minimum Gasteiger partial charge on any atom is -0.465 e. The molecular weight excluding hydrogens is 406 g/mol. The van der Waals surface area contributed by atoms with Gasteiger partial charge >= 0.3 is 5.97 Å². The highest BCUT2D eigenvalue weighted by atomic mass is 32.2. The number of rotatable bonds is 9. The SMILES string of the molecule is CCc1cccc(S(=O)(=O)OCCCc2cn(-c3ccc(C(=O)OC)cc3)nn2)c1. The minimum atomic E-state index is -3.78. The zero-order valence-electron chi connectivity index (χ0n) is 16.8. The van der Waals surface area contributed by atoms with E-state index in [1.54, 1.807) is 47.3 Å². The molecule has 0 atom stereocenters. The van der Waals surface area contributed by atoms with Crippen LogP contribution in [0.3, 0.4) is 0 Å². The number of carbonyl (C=O) groups is 1. The third-order valence-corrected chi connectivity index (χ3v) is 5.81. The fourth-order valence-electron chi connectivity index (χ4n) is 2.82. The van der Waals surface area contributed by atoms with E-state index >= 15 is 0 Å². The Morgan fingerprint density at radius 2 is 1.90 bits per heavy atom. The topological polar surface area (TPSA) is 100 Å². The van der Waals surface area contributed by atoms with Gasteiger partial charge in [0.05, 0.1) is 41.8 Å². The summed E-state index contributed by atoms with van der Waals surface area (Å²) in [7, 11) is -2.45. The lowest BCUT2D eigenvalue weighted by Gasteiger charge is -2.06. The molecular formula is C21H23N3O5S. The van der Waals surface area contributed by atoms with E-state index in [0.717, 1.165) is 17.7 Å². The average molecular weight is 429 g/mol. The quantitative estimate of drug-likeness (QED) is 0.293. The number of ether oxygens (including phenoxy) is 1. The Labute approximate surface area is 175 Å². The van der Waals surface area contributed by atoms with Crippen molar-refractivity contribution in [1.82, 2.24) is 15.0 Å². The van der Waals surface area contributed by atoms with Crippen molar-refractivity contribution in [2.75, 3.05) is 13.7 Å². The number of hydrogen-bond acceptors (Lipinski definition) is 7. The fourth-order valence-corrected chi connectivity index (χ4v) is 3.83. The van der Waals surface area contributed by atoms with Crippen molar-refractivity contribution in [2.24, 2.45) is 0 Å². The standard InChI is InChI=1S/C21H23N3O5S/c1-3-16-6-4-8-20(14-16)30(26,27)29-13-5-7-18-15-24(23-22-18)19-11-9-17(10-12-19)21(25)28-2/h4,6,8-12,14-15H,3,5,7,13H2,1-2H3. The van der Waals surface area contributed by atoms with E-state index in [9.17, 15) is 13.2 Å². The van der Waals surface area contributed by atoms with Crippen molar-refractivity contribution in [3.63, 3.8) is 0 Å². The molecule has 0 spiro atoms. The largest absolute Gasteiger partial charge is 0.465 e. The maximum atomic E-state index is 12.3. The molecule has 0 bridgehead atoms. The number of aryl methyl sites for hydroxylation is 2. The van der Waals surface area contributed by atoms with E-state index in [-0.39, 0.29) is 11.5 Å². The van der Waals surface area contributed by atoms with Gasteiger partial charge in [0.15, 0.2) is 0 Å². The highest BCUT2D eigenvalue weighted by molar-refractivity contribution is 7.86. The number of benzene rings is 2. The molecule has 0 saturated carbocycles. The Kier molecular flexibility index (Phi) is 6.96. The highest BCUT2D eigenvalue weighted by Gasteiger charge is 2.15. The predicted octanol–water partition coefficient (Wildman–Crippen LogP) is 2.95. The first kappa shape index (κ1) is 21.7. The van der Waals surface area contributed by atoms with Gasteiger partial charge in [-0.25, -0.2) is 9.48 Å². The molecule has 0 fully saturated rings. The van der Waals surface area contributed by atoms with Gasteiger partial charge in [0.25, 0.3) is 10.1 Å². The minimum absolute atomic E-state index is 0.0549. The lowest BCUT2D eigenvalue weighted by molar-refractivity contribution is 0.0600. The lowest BCUT2D eigenvalue weighted by Crippen LogP contribution is -2.08. The van der Waals surface area contributed by atoms with E-state index in [1.165, 1.54) is 13.2 Å². The molecule has 1 aromatic heterocycles. The van der Waals surface area contributed by atoms with Crippen LogP contribution in [-0.4, -0.2) is 43.1 Å². The van der Waals surface area contributed by atoms with Gasteiger partial charge in [0.2, 0.25) is 0 Å². The zero-order valence-corrected chi connectivity index (χ0v) is 17.6. The average Bonchev–Trinajstić information content (AvgIpc) is 3.25. The number of carbonyl (C=O) groups excluding carboxylic acids is 1. The molecule has 0 saturated heterocycles. The van der Waals surface area contributed by atoms with Crippen LogP contribution in [0.25, 0.3) is 5.69 Å². The molecule has 30 heavy (non-hydrogen) atoms. The summed E-state index contributed by atoms with van der Waals surface area (Å²) < 4.78 is 36.0. The summed E-state index contributed by atoms with van der Waals surface area (Å²) in [6.07, 6.45) is 3.51. The molecule has 0 amide bonds. The number of aromatic nitrogens is 3. The molecule has 8 nitrogen and oxygen atoms in total. The van der Waals surface area contributed by atoms with Crippen LogP contribution in [0, 0.1) is 0 Å². The van der Waals surface area contributed by atoms with Crippen molar-refractivity contribution >= 4 is 16.1 Å². The number of nitrogens with zero attached hydrogens (tertiary/aromatic N) is 3. The van der Waals surface area contributed by atoms with Gasteiger partial charge in [-0.05, 0) is 61.2 Å². The van der Waals surface area contributed by atoms with Gasteiger partial charge < -0.3 is 4.74 Å². The number of esters is 1. The molecule has 3 aromatic rings. The van der Waals surface area contributed by atoms with E-state index in [4.69, 9.17) is 4.18 Å². The molecule has 158 valence electrons. The summed E-state index contributed by atoms with van der Waals surface area (Å²) in [5.41, 5.74) is 2.84. The predicted molar refractivity (Wildman–Crippen MR) is 110 cm³/mol. The summed E-state index contributed by atoms with van der Waals surface area (Å²) >= 11 is 0. The van der Waals surface area contributed by atoms with Crippen molar-refractivity contribution < 1.29 is 22.1 Å². The van der Waals surface area contributed by atoms with Crippen LogP contribution in [0.1, 0.15) is 35.0 Å². The van der Waals surface area contributed by atoms with Crippen molar-refractivity contribution in [2.45, 2.75) is 31.1 Å². The van der Waals surface area contributed by atoms with E-state index in [2.05, 4.69) is 15.0 Å². The summed E-state index contributed by atoms with van der Waals surface area (Å²) in [5, 5.41) is 8.16. The van der Waals surface area contributed by atoms with E-state index in [0.29, 0.717) is 24.1 Å². The van der Waals surface area contributed by atoms with Crippen molar-refractivity contribution in [3.8, 4) is 5.69 Å². The van der Waals surface area contributed by atoms with Gasteiger partial charge in [0.1, 0.15) is 0 Å². The van der Waals surface area contributed by atoms with Gasteiger partial charge in [-0.15, -0.1) is 5.10 Å². The summed E-state index contributed by atoms with van der Waals surface area (Å²) in [6, 6.07) is 13.5. The van der Waals surface area contributed by atoms with Crippen LogP contribution in [-0.2, 0) is 31.9 Å². The molecule has 1 heterocycles. The molecule has 0 aliphatic rings. The first-order valence-electron chi connectivity index (χ1n) is 9.51.